The number of nitrogens with zero attached hydrogens (tertiary/aromatic N) is 2. The van der Waals surface area contributed by atoms with Gasteiger partial charge in [0, 0.05) is 51.7 Å². The molecule has 0 amide bonds. The van der Waals surface area contributed by atoms with E-state index in [1.165, 1.54) is 16.8 Å². The van der Waals surface area contributed by atoms with Gasteiger partial charge in [0.05, 0.1) is 6.10 Å². The molecule has 0 radical (unpaired) electrons. The Labute approximate surface area is 132 Å². The highest BCUT2D eigenvalue weighted by Gasteiger charge is 2.18. The number of β-amino-alcohol motifs (C(OH)–C–C–N with tert-alkyl or cyclic N) is 1. The summed E-state index contributed by atoms with van der Waals surface area (Å²) in [5.41, 5.74) is 4.09. The van der Waals surface area contributed by atoms with Gasteiger partial charge < -0.3 is 15.0 Å². The van der Waals surface area contributed by atoms with Crippen molar-refractivity contribution in [3.63, 3.8) is 0 Å². The van der Waals surface area contributed by atoms with E-state index in [0.29, 0.717) is 6.54 Å². The van der Waals surface area contributed by atoms with Crippen LogP contribution in [-0.2, 0) is 26.6 Å². The first-order chi connectivity index (χ1) is 10.7. The van der Waals surface area contributed by atoms with E-state index in [1.54, 1.807) is 0 Å². The number of aryl methyl sites for hydroxylation is 1. The Balaban J connectivity index is 1.43. The van der Waals surface area contributed by atoms with Crippen LogP contribution in [0, 0.1) is 0 Å². The second kappa shape index (κ2) is 7.09. The highest BCUT2D eigenvalue weighted by molar-refractivity contribution is 5.29. The van der Waals surface area contributed by atoms with Gasteiger partial charge in [-0.25, -0.2) is 0 Å². The first-order valence-corrected chi connectivity index (χ1v) is 8.00. The fourth-order valence-corrected chi connectivity index (χ4v) is 3.12. The van der Waals surface area contributed by atoms with Crippen LogP contribution in [0.2, 0.25) is 0 Å². The van der Waals surface area contributed by atoms with Crippen LogP contribution >= 0.6 is 0 Å². The van der Waals surface area contributed by atoms with Crippen molar-refractivity contribution in [2.45, 2.75) is 25.6 Å². The Bertz CT molecular complexity index is 608. The number of aromatic nitrogens is 1. The van der Waals surface area contributed by atoms with Crippen LogP contribution in [0.1, 0.15) is 16.8 Å². The fourth-order valence-electron chi connectivity index (χ4n) is 3.12. The van der Waals surface area contributed by atoms with Crippen molar-refractivity contribution in [3.8, 4) is 0 Å². The molecule has 1 unspecified atom stereocenters. The van der Waals surface area contributed by atoms with Gasteiger partial charge in [0.1, 0.15) is 0 Å². The van der Waals surface area contributed by atoms with Crippen LogP contribution in [0.3, 0.4) is 0 Å². The molecule has 2 aromatic rings. The first-order valence-electron chi connectivity index (χ1n) is 8.00. The molecule has 2 heterocycles. The molecule has 1 aromatic carbocycles. The van der Waals surface area contributed by atoms with Gasteiger partial charge in [0.15, 0.2) is 0 Å². The summed E-state index contributed by atoms with van der Waals surface area (Å²) in [5, 5.41) is 13.6. The third kappa shape index (κ3) is 3.77. The smallest absolute Gasteiger partial charge is 0.0791 e. The number of rotatable bonds is 6. The lowest BCUT2D eigenvalue weighted by Crippen LogP contribution is -2.40. The van der Waals surface area contributed by atoms with Crippen molar-refractivity contribution < 1.29 is 5.11 Å². The maximum Gasteiger partial charge on any atom is 0.0791 e. The molecule has 4 nitrogen and oxygen atoms in total. The summed E-state index contributed by atoms with van der Waals surface area (Å²) in [7, 11) is 2.04. The van der Waals surface area contributed by atoms with Gasteiger partial charge in [-0.05, 0) is 29.7 Å². The number of aliphatic hydroxyl groups excluding tert-OH is 1. The Hall–Kier alpha value is -1.62. The third-order valence-electron chi connectivity index (χ3n) is 4.42. The SMILES string of the molecule is Cn1cccc1CNCC(O)CN1CCc2ccccc2C1. The molecule has 0 saturated carbocycles. The monoisotopic (exact) mass is 299 g/mol. The summed E-state index contributed by atoms with van der Waals surface area (Å²) in [6.45, 7) is 4.14. The van der Waals surface area contributed by atoms with Gasteiger partial charge in [-0.3, -0.25) is 4.90 Å². The lowest BCUT2D eigenvalue weighted by molar-refractivity contribution is 0.104. The minimum Gasteiger partial charge on any atom is -0.390 e. The van der Waals surface area contributed by atoms with E-state index in [0.717, 1.165) is 32.6 Å². The molecule has 3 rings (SSSR count). The second-order valence-corrected chi connectivity index (χ2v) is 6.15. The Morgan fingerprint density at radius 2 is 2.00 bits per heavy atom. The van der Waals surface area contributed by atoms with Gasteiger partial charge >= 0.3 is 0 Å². The molecular weight excluding hydrogens is 274 g/mol. The molecule has 4 heteroatoms. The molecule has 0 spiro atoms. The predicted molar refractivity (Wildman–Crippen MR) is 88.5 cm³/mol. The third-order valence-corrected chi connectivity index (χ3v) is 4.42. The maximum atomic E-state index is 10.2. The summed E-state index contributed by atoms with van der Waals surface area (Å²) in [6.07, 6.45) is 2.80. The molecule has 0 aliphatic carbocycles. The van der Waals surface area contributed by atoms with Crippen molar-refractivity contribution in [1.82, 2.24) is 14.8 Å². The van der Waals surface area contributed by atoms with Crippen LogP contribution in [-0.4, -0.2) is 40.3 Å². The summed E-state index contributed by atoms with van der Waals surface area (Å²) < 4.78 is 2.10. The number of hydrogen-bond acceptors (Lipinski definition) is 3. The van der Waals surface area contributed by atoms with Crippen LogP contribution in [0.15, 0.2) is 42.6 Å². The zero-order valence-electron chi connectivity index (χ0n) is 13.2. The van der Waals surface area contributed by atoms with Crippen molar-refractivity contribution in [3.05, 3.63) is 59.4 Å². The normalized spacial score (nSPS) is 16.5. The average Bonchev–Trinajstić information content (AvgIpc) is 2.92. The lowest BCUT2D eigenvalue weighted by Gasteiger charge is -2.30. The summed E-state index contributed by atoms with van der Waals surface area (Å²) in [5.74, 6) is 0. The molecule has 22 heavy (non-hydrogen) atoms. The number of benzene rings is 1. The molecule has 0 fully saturated rings. The summed E-state index contributed by atoms with van der Waals surface area (Å²) in [6, 6.07) is 12.8. The minimum atomic E-state index is -0.328. The van der Waals surface area contributed by atoms with E-state index in [2.05, 4.69) is 45.1 Å². The van der Waals surface area contributed by atoms with Crippen molar-refractivity contribution in [2.24, 2.45) is 7.05 Å². The number of fused-ring (bicyclic) bond motifs is 1. The van der Waals surface area contributed by atoms with E-state index in [9.17, 15) is 5.11 Å². The van der Waals surface area contributed by atoms with Gasteiger partial charge in [-0.2, -0.15) is 0 Å². The van der Waals surface area contributed by atoms with Gasteiger partial charge in [-0.15, -0.1) is 0 Å². The molecule has 1 aliphatic heterocycles. The second-order valence-electron chi connectivity index (χ2n) is 6.15. The van der Waals surface area contributed by atoms with Crippen molar-refractivity contribution in [1.29, 1.82) is 0 Å². The number of aliphatic hydroxyl groups is 1. The van der Waals surface area contributed by atoms with Crippen LogP contribution < -0.4 is 5.32 Å². The molecule has 2 N–H and O–H groups in total. The predicted octanol–water partition coefficient (Wildman–Crippen LogP) is 1.53. The van der Waals surface area contributed by atoms with Crippen molar-refractivity contribution >= 4 is 0 Å². The van der Waals surface area contributed by atoms with Gasteiger partial charge in [-0.1, -0.05) is 24.3 Å². The fraction of sp³-hybridized carbons (Fsp3) is 0.444. The topological polar surface area (TPSA) is 40.4 Å². The van der Waals surface area contributed by atoms with E-state index < -0.39 is 0 Å². The largest absolute Gasteiger partial charge is 0.390 e. The highest BCUT2D eigenvalue weighted by Crippen LogP contribution is 2.18. The Morgan fingerprint density at radius 3 is 2.77 bits per heavy atom. The van der Waals surface area contributed by atoms with E-state index in [-0.39, 0.29) is 6.10 Å². The Morgan fingerprint density at radius 1 is 1.18 bits per heavy atom. The first kappa shape index (κ1) is 15.3. The van der Waals surface area contributed by atoms with Crippen LogP contribution in [0.25, 0.3) is 0 Å². The van der Waals surface area contributed by atoms with E-state index in [4.69, 9.17) is 0 Å². The zero-order chi connectivity index (χ0) is 15.4. The summed E-state index contributed by atoms with van der Waals surface area (Å²) >= 11 is 0. The highest BCUT2D eigenvalue weighted by atomic mass is 16.3. The molecule has 0 saturated heterocycles. The Kier molecular flexibility index (Phi) is 4.93. The summed E-state index contributed by atoms with van der Waals surface area (Å²) in [4.78, 5) is 2.34. The maximum absolute atomic E-state index is 10.2. The number of nitrogens with one attached hydrogen (secondary N) is 1. The van der Waals surface area contributed by atoms with E-state index in [1.807, 2.05) is 19.3 Å². The van der Waals surface area contributed by atoms with Gasteiger partial charge in [0.2, 0.25) is 0 Å². The lowest BCUT2D eigenvalue weighted by atomic mass is 10.00. The molecule has 0 bridgehead atoms. The molecule has 1 atom stereocenters. The van der Waals surface area contributed by atoms with Crippen molar-refractivity contribution in [2.75, 3.05) is 19.6 Å². The average molecular weight is 299 g/mol. The van der Waals surface area contributed by atoms with Gasteiger partial charge in [0.25, 0.3) is 0 Å². The van der Waals surface area contributed by atoms with Crippen LogP contribution in [0.5, 0.6) is 0 Å². The molecular formula is C18H25N3O. The quantitative estimate of drug-likeness (QED) is 0.850. The minimum absolute atomic E-state index is 0.328. The number of hydrogen-bond donors (Lipinski definition) is 2. The molecule has 118 valence electrons. The molecule has 1 aliphatic rings. The molecule has 1 aromatic heterocycles. The standard InChI is InChI=1S/C18H25N3O/c1-20-9-4-7-17(20)11-19-12-18(22)14-21-10-8-15-5-2-3-6-16(15)13-21/h2-7,9,18-19,22H,8,10-14H2,1H3. The van der Waals surface area contributed by atoms with Crippen LogP contribution in [0.4, 0.5) is 0 Å². The van der Waals surface area contributed by atoms with E-state index >= 15 is 0 Å². The zero-order valence-corrected chi connectivity index (χ0v) is 13.2.